The number of hydrogen-bond donors (Lipinski definition) is 2. The van der Waals surface area contributed by atoms with E-state index in [1.54, 1.807) is 24.1 Å². The second-order valence-electron chi connectivity index (χ2n) is 6.18. The number of nitrogens with one attached hydrogen (secondary N) is 1. The van der Waals surface area contributed by atoms with Crippen molar-refractivity contribution in [3.8, 4) is 0 Å². The van der Waals surface area contributed by atoms with Crippen LogP contribution in [0, 0.1) is 18.3 Å². The van der Waals surface area contributed by atoms with Gasteiger partial charge in [0.1, 0.15) is 5.82 Å². The van der Waals surface area contributed by atoms with Crippen LogP contribution >= 0.6 is 0 Å². The summed E-state index contributed by atoms with van der Waals surface area (Å²) in [6.07, 6.45) is 4.15. The highest BCUT2D eigenvalue weighted by Crippen LogP contribution is 2.48. The van der Waals surface area contributed by atoms with Crippen LogP contribution in [0.25, 0.3) is 0 Å². The van der Waals surface area contributed by atoms with Crippen LogP contribution in [0.5, 0.6) is 0 Å². The molecule has 3 rings (SSSR count). The fourth-order valence-corrected chi connectivity index (χ4v) is 3.68. The van der Waals surface area contributed by atoms with Crippen molar-refractivity contribution in [3.05, 3.63) is 23.8 Å². The second kappa shape index (κ2) is 5.55. The van der Waals surface area contributed by atoms with Crippen LogP contribution in [0.1, 0.15) is 30.8 Å². The fraction of sp³-hybridized carbons (Fsp3) is 0.600. The van der Waals surface area contributed by atoms with Gasteiger partial charge in [0.25, 0.3) is 0 Å². The van der Waals surface area contributed by atoms with E-state index in [4.69, 9.17) is 0 Å². The highest BCUT2D eigenvalue weighted by molar-refractivity contribution is 5.80. The molecule has 0 unspecified atom stereocenters. The van der Waals surface area contributed by atoms with Crippen LogP contribution in [0.4, 0.5) is 4.79 Å². The van der Waals surface area contributed by atoms with Gasteiger partial charge < -0.3 is 15.3 Å². The summed E-state index contributed by atoms with van der Waals surface area (Å²) in [5.74, 6) is -0.0268. The Morgan fingerprint density at radius 1 is 1.55 bits per heavy atom. The van der Waals surface area contributed by atoms with Crippen LogP contribution in [0.3, 0.4) is 0 Å². The molecule has 118 valence electrons. The van der Waals surface area contributed by atoms with Gasteiger partial charge in [0, 0.05) is 19.3 Å². The second-order valence-corrected chi connectivity index (χ2v) is 6.18. The number of carboxylic acid groups (broad SMARTS) is 1. The number of carbonyl (C=O) groups is 2. The number of amides is 2. The van der Waals surface area contributed by atoms with E-state index in [2.05, 4.69) is 15.3 Å². The Bertz CT molecular complexity index is 606. The Balaban J connectivity index is 1.61. The predicted octanol–water partition coefficient (Wildman–Crippen LogP) is 1.18. The number of aryl methyl sites for hydroxylation is 1. The maximum atomic E-state index is 12.3. The lowest BCUT2D eigenvalue weighted by Crippen LogP contribution is -2.41. The maximum Gasteiger partial charge on any atom is 0.317 e. The van der Waals surface area contributed by atoms with Crippen LogP contribution in [-0.2, 0) is 11.3 Å². The number of nitrogens with zero attached hydrogens (tertiary/aromatic N) is 3. The van der Waals surface area contributed by atoms with E-state index in [0.29, 0.717) is 31.9 Å². The average molecular weight is 304 g/mol. The van der Waals surface area contributed by atoms with Crippen molar-refractivity contribution in [2.75, 3.05) is 13.1 Å². The van der Waals surface area contributed by atoms with Gasteiger partial charge in [-0.1, -0.05) is 6.42 Å². The van der Waals surface area contributed by atoms with E-state index < -0.39 is 11.4 Å². The van der Waals surface area contributed by atoms with E-state index in [-0.39, 0.29) is 11.9 Å². The first-order valence-electron chi connectivity index (χ1n) is 7.56. The molecule has 2 heterocycles. The molecule has 7 nitrogen and oxygen atoms in total. The largest absolute Gasteiger partial charge is 0.481 e. The quantitative estimate of drug-likeness (QED) is 0.874. The standard InChI is InChI=1S/C15H20N4O3/c1-10-16-6-4-12(18-10)7-17-14(22)19-8-11-3-2-5-15(11,9-19)13(20)21/h4,6,11H,2-3,5,7-9H2,1H3,(H,17,22)(H,20,21)/t11-,15+/m0/s1. The van der Waals surface area contributed by atoms with Crippen molar-refractivity contribution in [3.63, 3.8) is 0 Å². The summed E-state index contributed by atoms with van der Waals surface area (Å²) in [6.45, 7) is 2.95. The highest BCUT2D eigenvalue weighted by atomic mass is 16.4. The van der Waals surface area contributed by atoms with Crippen molar-refractivity contribution in [1.29, 1.82) is 0 Å². The normalized spacial score (nSPS) is 26.8. The molecule has 0 radical (unpaired) electrons. The van der Waals surface area contributed by atoms with Crippen LogP contribution in [0.2, 0.25) is 0 Å². The lowest BCUT2D eigenvalue weighted by Gasteiger charge is -2.23. The number of aromatic nitrogens is 2. The number of urea groups is 1. The van der Waals surface area contributed by atoms with E-state index in [1.165, 1.54) is 0 Å². The van der Waals surface area contributed by atoms with Crippen LogP contribution < -0.4 is 5.32 Å². The summed E-state index contributed by atoms with van der Waals surface area (Å²) in [6, 6.07) is 1.54. The third kappa shape index (κ3) is 2.51. The lowest BCUT2D eigenvalue weighted by molar-refractivity contribution is -0.149. The van der Waals surface area contributed by atoms with Gasteiger partial charge >= 0.3 is 12.0 Å². The first-order chi connectivity index (χ1) is 10.5. The zero-order valence-corrected chi connectivity index (χ0v) is 12.6. The van der Waals surface area contributed by atoms with E-state index >= 15 is 0 Å². The Kier molecular flexibility index (Phi) is 3.72. The Hall–Kier alpha value is -2.18. The van der Waals surface area contributed by atoms with Gasteiger partial charge in [-0.2, -0.15) is 0 Å². The van der Waals surface area contributed by atoms with Crippen molar-refractivity contribution < 1.29 is 14.7 Å². The van der Waals surface area contributed by atoms with E-state index in [9.17, 15) is 14.7 Å². The Labute approximate surface area is 128 Å². The minimum absolute atomic E-state index is 0.0806. The summed E-state index contributed by atoms with van der Waals surface area (Å²) in [7, 11) is 0. The Morgan fingerprint density at radius 3 is 3.05 bits per heavy atom. The molecule has 1 saturated heterocycles. The van der Waals surface area contributed by atoms with Gasteiger partial charge in [0.05, 0.1) is 17.7 Å². The van der Waals surface area contributed by atoms with Crippen molar-refractivity contribution in [2.24, 2.45) is 11.3 Å². The van der Waals surface area contributed by atoms with Crippen LogP contribution in [0.15, 0.2) is 12.3 Å². The van der Waals surface area contributed by atoms with Crippen molar-refractivity contribution in [2.45, 2.75) is 32.7 Å². The molecular weight excluding hydrogens is 284 g/mol. The lowest BCUT2D eigenvalue weighted by atomic mass is 9.81. The van der Waals surface area contributed by atoms with E-state index in [1.807, 2.05) is 0 Å². The predicted molar refractivity (Wildman–Crippen MR) is 78.0 cm³/mol. The van der Waals surface area contributed by atoms with Crippen LogP contribution in [-0.4, -0.2) is 45.1 Å². The molecule has 1 aromatic rings. The number of carboxylic acids is 1. The smallest absolute Gasteiger partial charge is 0.317 e. The molecule has 2 N–H and O–H groups in total. The molecular formula is C15H20N4O3. The molecule has 1 aliphatic carbocycles. The molecule has 1 aliphatic heterocycles. The van der Waals surface area contributed by atoms with Gasteiger partial charge in [-0.25, -0.2) is 14.8 Å². The van der Waals surface area contributed by atoms with Gasteiger partial charge in [-0.05, 0) is 31.7 Å². The van der Waals surface area contributed by atoms with Crippen molar-refractivity contribution in [1.82, 2.24) is 20.2 Å². The number of carbonyl (C=O) groups excluding carboxylic acids is 1. The van der Waals surface area contributed by atoms with Gasteiger partial charge in [0.15, 0.2) is 0 Å². The summed E-state index contributed by atoms with van der Waals surface area (Å²) in [5, 5.41) is 12.4. The topological polar surface area (TPSA) is 95.4 Å². The first kappa shape index (κ1) is 14.7. The molecule has 2 aliphatic rings. The first-order valence-corrected chi connectivity index (χ1v) is 7.56. The SMILES string of the molecule is Cc1nccc(CNC(=O)N2C[C@@H]3CCC[C@@]3(C(=O)O)C2)n1. The summed E-state index contributed by atoms with van der Waals surface area (Å²) < 4.78 is 0. The monoisotopic (exact) mass is 304 g/mol. The molecule has 1 saturated carbocycles. The highest BCUT2D eigenvalue weighted by Gasteiger charge is 2.55. The van der Waals surface area contributed by atoms with Crippen molar-refractivity contribution >= 4 is 12.0 Å². The molecule has 0 aromatic carbocycles. The Morgan fingerprint density at radius 2 is 2.36 bits per heavy atom. The number of aliphatic carboxylic acids is 1. The minimum Gasteiger partial charge on any atom is -0.481 e. The third-order valence-corrected chi connectivity index (χ3v) is 4.84. The summed E-state index contributed by atoms with van der Waals surface area (Å²) >= 11 is 0. The number of fused-ring (bicyclic) bond motifs is 1. The number of rotatable bonds is 3. The molecule has 2 amide bonds. The summed E-state index contributed by atoms with van der Waals surface area (Å²) in [5.41, 5.74) is 0.0104. The maximum absolute atomic E-state index is 12.3. The molecule has 22 heavy (non-hydrogen) atoms. The molecule has 0 bridgehead atoms. The van der Waals surface area contributed by atoms with Gasteiger partial charge in [0.2, 0.25) is 0 Å². The number of hydrogen-bond acceptors (Lipinski definition) is 4. The molecule has 1 aromatic heterocycles. The van der Waals surface area contributed by atoms with E-state index in [0.717, 1.165) is 18.5 Å². The number of likely N-dealkylation sites (tertiary alicyclic amines) is 1. The molecule has 7 heteroatoms. The zero-order valence-electron chi connectivity index (χ0n) is 12.6. The molecule has 2 fully saturated rings. The molecule has 0 spiro atoms. The minimum atomic E-state index is -0.767. The fourth-order valence-electron chi connectivity index (χ4n) is 3.68. The van der Waals surface area contributed by atoms with Gasteiger partial charge in [-0.3, -0.25) is 4.79 Å². The zero-order chi connectivity index (χ0) is 15.7. The third-order valence-electron chi connectivity index (χ3n) is 4.84. The summed E-state index contributed by atoms with van der Waals surface area (Å²) in [4.78, 5) is 33.8. The molecule has 2 atom stereocenters. The van der Waals surface area contributed by atoms with Gasteiger partial charge in [-0.15, -0.1) is 0 Å². The average Bonchev–Trinajstić information content (AvgIpc) is 3.02.